The van der Waals surface area contributed by atoms with Gasteiger partial charge in [0.25, 0.3) is 11.6 Å². The zero-order chi connectivity index (χ0) is 27.9. The van der Waals surface area contributed by atoms with Crippen molar-refractivity contribution in [2.24, 2.45) is 0 Å². The van der Waals surface area contributed by atoms with Gasteiger partial charge in [-0.25, -0.2) is 4.79 Å². The Morgan fingerprint density at radius 3 is 2.51 bits per heavy atom. The van der Waals surface area contributed by atoms with E-state index < -0.39 is 38.4 Å². The molecule has 0 radical (unpaired) electrons. The SMILES string of the molecule is O=C(Cc1ccccc1)N[C@@H]1C(=O)N(C(I)C(=O)OCc2ccc([N+](=O)[O-])cc2)[C@@H]1SCC(=O)C1CCCO1. The molecule has 2 heterocycles. The summed E-state index contributed by atoms with van der Waals surface area (Å²) in [6, 6.07) is 13.8. The third-order valence-corrected chi connectivity index (χ3v) is 8.66. The number of rotatable bonds is 12. The molecule has 2 saturated heterocycles. The summed E-state index contributed by atoms with van der Waals surface area (Å²) in [6.07, 6.45) is 1.06. The van der Waals surface area contributed by atoms with E-state index in [2.05, 4.69) is 5.32 Å². The Morgan fingerprint density at radius 1 is 1.15 bits per heavy atom. The lowest BCUT2D eigenvalue weighted by molar-refractivity contribution is -0.384. The quantitative estimate of drug-likeness (QED) is 0.0687. The molecule has 0 aliphatic carbocycles. The molecule has 2 fully saturated rings. The zero-order valence-corrected chi connectivity index (χ0v) is 23.7. The molecule has 2 unspecified atom stereocenters. The first kappa shape index (κ1) is 29.0. The average molecular weight is 667 g/mol. The minimum absolute atomic E-state index is 0.0609. The molecule has 11 nitrogen and oxygen atoms in total. The van der Waals surface area contributed by atoms with Crippen LogP contribution in [0.1, 0.15) is 24.0 Å². The summed E-state index contributed by atoms with van der Waals surface area (Å²) < 4.78 is 9.80. The number of ketones is 1. The largest absolute Gasteiger partial charge is 0.459 e. The molecule has 39 heavy (non-hydrogen) atoms. The van der Waals surface area contributed by atoms with Gasteiger partial charge in [-0.1, -0.05) is 30.3 Å². The second-order valence-electron chi connectivity index (χ2n) is 8.99. The number of amides is 2. The third kappa shape index (κ3) is 7.33. The highest BCUT2D eigenvalue weighted by atomic mass is 127. The van der Waals surface area contributed by atoms with Gasteiger partial charge in [0.2, 0.25) is 5.91 Å². The van der Waals surface area contributed by atoms with E-state index >= 15 is 0 Å². The molecule has 0 saturated carbocycles. The van der Waals surface area contributed by atoms with Crippen LogP contribution in [0.4, 0.5) is 5.69 Å². The molecule has 2 aliphatic rings. The van der Waals surface area contributed by atoms with Crippen LogP contribution in [-0.4, -0.2) is 67.3 Å². The monoisotopic (exact) mass is 667 g/mol. The fourth-order valence-corrected chi connectivity index (χ4v) is 6.49. The summed E-state index contributed by atoms with van der Waals surface area (Å²) in [5, 5.41) is 12.9. The van der Waals surface area contributed by atoms with E-state index in [0.29, 0.717) is 18.6 Å². The van der Waals surface area contributed by atoms with Crippen LogP contribution in [0.25, 0.3) is 0 Å². The molecule has 2 aromatic carbocycles. The molecule has 2 aliphatic heterocycles. The number of thioether (sulfide) groups is 1. The van der Waals surface area contributed by atoms with Crippen molar-refractivity contribution in [2.75, 3.05) is 12.4 Å². The molecule has 0 bridgehead atoms. The van der Waals surface area contributed by atoms with Crippen LogP contribution in [0.15, 0.2) is 54.6 Å². The number of likely N-dealkylation sites (tertiary alicyclic amines) is 1. The van der Waals surface area contributed by atoms with Crippen molar-refractivity contribution in [3.05, 3.63) is 75.8 Å². The van der Waals surface area contributed by atoms with Gasteiger partial charge in [0.1, 0.15) is 24.1 Å². The van der Waals surface area contributed by atoms with E-state index in [1.165, 1.54) is 40.9 Å². The van der Waals surface area contributed by atoms with E-state index in [9.17, 15) is 29.3 Å². The number of halogens is 1. The predicted octanol–water partition coefficient (Wildman–Crippen LogP) is 2.78. The highest BCUT2D eigenvalue weighted by molar-refractivity contribution is 14.1. The number of ether oxygens (including phenoxy) is 2. The number of β-lactam (4-membered cyclic amide) rings is 1. The Labute approximate surface area is 242 Å². The van der Waals surface area contributed by atoms with E-state index in [1.54, 1.807) is 22.6 Å². The van der Waals surface area contributed by atoms with E-state index in [-0.39, 0.29) is 36.2 Å². The number of nitrogens with zero attached hydrogens (tertiary/aromatic N) is 2. The number of nitrogens with one attached hydrogen (secondary N) is 1. The maximum atomic E-state index is 13.1. The fourth-order valence-electron chi connectivity index (χ4n) is 4.19. The average Bonchev–Trinajstić information content (AvgIpc) is 3.48. The van der Waals surface area contributed by atoms with Crippen LogP contribution < -0.4 is 5.32 Å². The Kier molecular flexibility index (Phi) is 9.91. The number of hydrogen-bond donors (Lipinski definition) is 1. The van der Waals surface area contributed by atoms with Gasteiger partial charge in [0.05, 0.1) is 17.1 Å². The van der Waals surface area contributed by atoms with E-state index in [1.807, 2.05) is 30.3 Å². The van der Waals surface area contributed by atoms with Gasteiger partial charge in [-0.05, 0) is 58.7 Å². The third-order valence-electron chi connectivity index (χ3n) is 6.26. The van der Waals surface area contributed by atoms with Gasteiger partial charge in [0, 0.05) is 18.7 Å². The maximum Gasteiger partial charge on any atom is 0.339 e. The Balaban J connectivity index is 1.39. The molecule has 206 valence electrons. The van der Waals surface area contributed by atoms with Crippen molar-refractivity contribution >= 4 is 63.6 Å². The van der Waals surface area contributed by atoms with Crippen molar-refractivity contribution in [3.63, 3.8) is 0 Å². The second kappa shape index (κ2) is 13.3. The fraction of sp³-hybridized carbons (Fsp3) is 0.385. The summed E-state index contributed by atoms with van der Waals surface area (Å²) in [5.41, 5.74) is 1.25. The Hall–Kier alpha value is -3.04. The number of benzene rings is 2. The molecule has 2 aromatic rings. The number of hydrogen-bond acceptors (Lipinski definition) is 9. The minimum atomic E-state index is -1.01. The lowest BCUT2D eigenvalue weighted by atomic mass is 10.1. The van der Waals surface area contributed by atoms with Crippen LogP contribution >= 0.6 is 34.4 Å². The number of nitro groups is 1. The van der Waals surface area contributed by atoms with E-state index in [4.69, 9.17) is 9.47 Å². The number of carbonyl (C=O) groups is 4. The molecule has 13 heteroatoms. The van der Waals surface area contributed by atoms with Gasteiger partial charge < -0.3 is 19.7 Å². The minimum Gasteiger partial charge on any atom is -0.459 e. The number of esters is 1. The zero-order valence-electron chi connectivity index (χ0n) is 20.7. The first-order chi connectivity index (χ1) is 18.7. The number of non-ortho nitro benzene ring substituents is 1. The summed E-state index contributed by atoms with van der Waals surface area (Å²) >= 11 is 2.97. The first-order valence-electron chi connectivity index (χ1n) is 12.2. The Morgan fingerprint density at radius 2 is 1.87 bits per heavy atom. The number of nitro benzene ring substituents is 1. The summed E-state index contributed by atoms with van der Waals surface area (Å²) in [4.78, 5) is 62.8. The van der Waals surface area contributed by atoms with Crippen LogP contribution in [-0.2, 0) is 41.7 Å². The van der Waals surface area contributed by atoms with Crippen molar-refractivity contribution in [1.82, 2.24) is 10.2 Å². The lowest BCUT2D eigenvalue weighted by Gasteiger charge is -2.48. The topological polar surface area (TPSA) is 145 Å². The van der Waals surface area contributed by atoms with Crippen LogP contribution in [0.2, 0.25) is 0 Å². The van der Waals surface area contributed by atoms with Crippen molar-refractivity contribution in [3.8, 4) is 0 Å². The highest BCUT2D eigenvalue weighted by Crippen LogP contribution is 2.35. The maximum absolute atomic E-state index is 13.1. The standard InChI is InChI=1S/C26H26IN3O8S/c27-23(26(34)38-14-17-8-10-18(11-9-17)30(35)36)29-24(33)22(28-21(32)13-16-5-2-1-3-6-16)25(29)39-15-19(31)20-7-4-12-37-20/h1-3,5-6,8-11,20,22-23,25H,4,7,12-15H2,(H,28,32)/t20?,22-,23?,25-/m1/s1. The van der Waals surface area contributed by atoms with Crippen molar-refractivity contribution in [1.29, 1.82) is 0 Å². The van der Waals surface area contributed by atoms with Crippen LogP contribution in [0, 0.1) is 10.1 Å². The molecule has 1 N–H and O–H groups in total. The highest BCUT2D eigenvalue weighted by Gasteiger charge is 2.53. The van der Waals surface area contributed by atoms with Gasteiger partial charge in [0.15, 0.2) is 9.83 Å². The van der Waals surface area contributed by atoms with Gasteiger partial charge in [-0.15, -0.1) is 11.8 Å². The van der Waals surface area contributed by atoms with Crippen molar-refractivity contribution in [2.45, 2.75) is 47.4 Å². The first-order valence-corrected chi connectivity index (χ1v) is 14.5. The molecular formula is C26H26IN3O8S. The Bertz CT molecular complexity index is 1220. The summed E-state index contributed by atoms with van der Waals surface area (Å²) in [7, 11) is 0. The second-order valence-corrected chi connectivity index (χ2v) is 11.3. The summed E-state index contributed by atoms with van der Waals surface area (Å²) in [5.74, 6) is -1.53. The molecule has 4 atom stereocenters. The molecular weight excluding hydrogens is 641 g/mol. The molecule has 4 rings (SSSR count). The van der Waals surface area contributed by atoms with Gasteiger partial charge in [-0.3, -0.25) is 24.5 Å². The normalized spacial score (nSPS) is 21.1. The number of carbonyl (C=O) groups excluding carboxylic acids is 4. The number of Topliss-reactive ketones (excluding diaryl/α,β-unsaturated/α-hetero) is 1. The van der Waals surface area contributed by atoms with Crippen LogP contribution in [0.5, 0.6) is 0 Å². The molecule has 2 amide bonds. The molecule has 0 spiro atoms. The van der Waals surface area contributed by atoms with Crippen LogP contribution in [0.3, 0.4) is 0 Å². The van der Waals surface area contributed by atoms with Gasteiger partial charge in [-0.2, -0.15) is 0 Å². The van der Waals surface area contributed by atoms with E-state index in [0.717, 1.165) is 12.0 Å². The molecule has 0 aromatic heterocycles. The predicted molar refractivity (Wildman–Crippen MR) is 150 cm³/mol. The van der Waals surface area contributed by atoms with Crippen molar-refractivity contribution < 1.29 is 33.6 Å². The smallest absolute Gasteiger partial charge is 0.339 e. The lowest BCUT2D eigenvalue weighted by Crippen LogP contribution is -2.72. The van der Waals surface area contributed by atoms with Gasteiger partial charge >= 0.3 is 5.97 Å². The number of alkyl halides is 1. The summed E-state index contributed by atoms with van der Waals surface area (Å²) in [6.45, 7) is 0.397.